The second-order valence-corrected chi connectivity index (χ2v) is 4.45. The fourth-order valence-electron chi connectivity index (χ4n) is 1.28. The fourth-order valence-corrected chi connectivity index (χ4v) is 2.29. The predicted molar refractivity (Wildman–Crippen MR) is 60.3 cm³/mol. The van der Waals surface area contributed by atoms with Crippen LogP contribution < -0.4 is 4.90 Å². The minimum Gasteiger partial charge on any atom is -0.346 e. The van der Waals surface area contributed by atoms with Crippen molar-refractivity contribution in [3.63, 3.8) is 0 Å². The second-order valence-electron chi connectivity index (χ2n) is 3.44. The number of thiazole rings is 1. The van der Waals surface area contributed by atoms with Crippen molar-refractivity contribution in [1.82, 2.24) is 4.98 Å². The Labute approximate surface area is 88.8 Å². The van der Waals surface area contributed by atoms with E-state index in [1.54, 1.807) is 13.1 Å². The molecule has 4 heteroatoms. The van der Waals surface area contributed by atoms with E-state index in [0.29, 0.717) is 6.04 Å². The van der Waals surface area contributed by atoms with Crippen LogP contribution in [-0.4, -0.2) is 23.4 Å². The Kier molecular flexibility index (Phi) is 3.63. The lowest BCUT2D eigenvalue weighted by molar-refractivity contribution is 0.102. The average molecular weight is 212 g/mol. The van der Waals surface area contributed by atoms with E-state index in [2.05, 4.69) is 30.7 Å². The third-order valence-electron chi connectivity index (χ3n) is 2.05. The number of Topliss-reactive ketones (excluding diaryl/α,β-unsaturated/α-hetero) is 1. The summed E-state index contributed by atoms with van der Waals surface area (Å²) in [5, 5.41) is 0.938. The zero-order valence-electron chi connectivity index (χ0n) is 9.07. The van der Waals surface area contributed by atoms with Gasteiger partial charge in [0.05, 0.1) is 11.1 Å². The first-order valence-electron chi connectivity index (χ1n) is 4.79. The zero-order valence-corrected chi connectivity index (χ0v) is 9.89. The number of aromatic nitrogens is 1. The standard InChI is InChI=1S/C10H16N2OS/c1-5-12(7(2)3)10-11-6-9(14-10)8(4)13/h6-7H,5H2,1-4H3. The first-order chi connectivity index (χ1) is 6.56. The van der Waals surface area contributed by atoms with E-state index < -0.39 is 0 Å². The largest absolute Gasteiger partial charge is 0.346 e. The highest BCUT2D eigenvalue weighted by molar-refractivity contribution is 7.17. The lowest BCUT2D eigenvalue weighted by Crippen LogP contribution is -2.29. The molecule has 78 valence electrons. The molecule has 14 heavy (non-hydrogen) atoms. The molecule has 1 rings (SSSR count). The minimum absolute atomic E-state index is 0.0913. The first-order valence-corrected chi connectivity index (χ1v) is 5.61. The van der Waals surface area contributed by atoms with Gasteiger partial charge in [0, 0.05) is 19.5 Å². The van der Waals surface area contributed by atoms with Crippen LogP contribution in [0.25, 0.3) is 0 Å². The molecule has 0 aliphatic heterocycles. The summed E-state index contributed by atoms with van der Waals surface area (Å²) in [4.78, 5) is 18.3. The topological polar surface area (TPSA) is 33.2 Å². The van der Waals surface area contributed by atoms with Crippen LogP contribution in [0.4, 0.5) is 5.13 Å². The van der Waals surface area contributed by atoms with Crippen LogP contribution in [0.15, 0.2) is 6.20 Å². The monoisotopic (exact) mass is 212 g/mol. The molecule has 0 radical (unpaired) electrons. The molecule has 0 saturated heterocycles. The molecule has 0 spiro atoms. The van der Waals surface area contributed by atoms with Gasteiger partial charge >= 0.3 is 0 Å². The Morgan fingerprint density at radius 3 is 2.64 bits per heavy atom. The number of rotatable bonds is 4. The Morgan fingerprint density at radius 1 is 1.64 bits per heavy atom. The molecule has 0 N–H and O–H groups in total. The number of anilines is 1. The Hall–Kier alpha value is -0.900. The van der Waals surface area contributed by atoms with Gasteiger partial charge in [-0.3, -0.25) is 4.79 Å². The summed E-state index contributed by atoms with van der Waals surface area (Å²) in [7, 11) is 0. The van der Waals surface area contributed by atoms with Crippen LogP contribution in [0.1, 0.15) is 37.4 Å². The van der Waals surface area contributed by atoms with Crippen LogP contribution in [-0.2, 0) is 0 Å². The van der Waals surface area contributed by atoms with Crippen molar-refractivity contribution in [3.05, 3.63) is 11.1 Å². The maximum absolute atomic E-state index is 11.1. The fraction of sp³-hybridized carbons (Fsp3) is 0.600. The van der Waals surface area contributed by atoms with Crippen LogP contribution in [0.3, 0.4) is 0 Å². The van der Waals surface area contributed by atoms with Crippen molar-refractivity contribution in [1.29, 1.82) is 0 Å². The van der Waals surface area contributed by atoms with E-state index in [4.69, 9.17) is 0 Å². The van der Waals surface area contributed by atoms with Gasteiger partial charge in [-0.05, 0) is 20.8 Å². The Balaban J connectivity index is 2.89. The highest BCUT2D eigenvalue weighted by Gasteiger charge is 2.13. The van der Waals surface area contributed by atoms with Crippen molar-refractivity contribution in [3.8, 4) is 0 Å². The van der Waals surface area contributed by atoms with Crippen molar-refractivity contribution in [2.24, 2.45) is 0 Å². The van der Waals surface area contributed by atoms with E-state index in [1.165, 1.54) is 11.3 Å². The van der Waals surface area contributed by atoms with Gasteiger partial charge < -0.3 is 4.90 Å². The molecule has 0 aliphatic rings. The van der Waals surface area contributed by atoms with Gasteiger partial charge in [0.2, 0.25) is 0 Å². The predicted octanol–water partition coefficient (Wildman–Crippen LogP) is 2.58. The maximum Gasteiger partial charge on any atom is 0.186 e. The van der Waals surface area contributed by atoms with Crippen molar-refractivity contribution in [2.75, 3.05) is 11.4 Å². The summed E-state index contributed by atoms with van der Waals surface area (Å²) in [6.45, 7) is 8.83. The summed E-state index contributed by atoms with van der Waals surface area (Å²) in [5.41, 5.74) is 0. The highest BCUT2D eigenvalue weighted by atomic mass is 32.1. The SMILES string of the molecule is CCN(c1ncc(C(C)=O)s1)C(C)C. The minimum atomic E-state index is 0.0913. The van der Waals surface area contributed by atoms with E-state index >= 15 is 0 Å². The van der Waals surface area contributed by atoms with Crippen LogP contribution in [0.5, 0.6) is 0 Å². The lowest BCUT2D eigenvalue weighted by Gasteiger charge is -2.23. The molecule has 0 aromatic carbocycles. The molecular weight excluding hydrogens is 196 g/mol. The van der Waals surface area contributed by atoms with Crippen LogP contribution in [0, 0.1) is 0 Å². The Bertz CT molecular complexity index is 320. The third-order valence-corrected chi connectivity index (χ3v) is 3.19. The van der Waals surface area contributed by atoms with Gasteiger partial charge in [-0.15, -0.1) is 0 Å². The Morgan fingerprint density at radius 2 is 2.29 bits per heavy atom. The second kappa shape index (κ2) is 4.55. The van der Waals surface area contributed by atoms with Crippen molar-refractivity contribution < 1.29 is 4.79 Å². The lowest BCUT2D eigenvalue weighted by atomic mass is 10.3. The van der Waals surface area contributed by atoms with E-state index in [1.807, 2.05) is 0 Å². The summed E-state index contributed by atoms with van der Waals surface area (Å²) in [5.74, 6) is 0.0913. The molecule has 3 nitrogen and oxygen atoms in total. The van der Waals surface area contributed by atoms with Gasteiger partial charge in [0.1, 0.15) is 0 Å². The van der Waals surface area contributed by atoms with Gasteiger partial charge in [-0.1, -0.05) is 11.3 Å². The number of ketones is 1. The summed E-state index contributed by atoms with van der Waals surface area (Å²) in [6, 6.07) is 0.422. The van der Waals surface area contributed by atoms with Gasteiger partial charge in [-0.2, -0.15) is 0 Å². The molecule has 0 unspecified atom stereocenters. The molecule has 1 aromatic rings. The average Bonchev–Trinajstić information content (AvgIpc) is 2.53. The summed E-state index contributed by atoms with van der Waals surface area (Å²) in [6.07, 6.45) is 1.66. The molecule has 0 amide bonds. The molecule has 0 fully saturated rings. The molecular formula is C10H16N2OS. The maximum atomic E-state index is 11.1. The number of carbonyl (C=O) groups excluding carboxylic acids is 1. The number of nitrogens with zero attached hydrogens (tertiary/aromatic N) is 2. The van der Waals surface area contributed by atoms with Crippen LogP contribution >= 0.6 is 11.3 Å². The zero-order chi connectivity index (χ0) is 10.7. The smallest absolute Gasteiger partial charge is 0.186 e. The molecule has 0 atom stereocenters. The summed E-state index contributed by atoms with van der Waals surface area (Å²) < 4.78 is 0. The molecule has 0 bridgehead atoms. The molecule has 0 saturated carbocycles. The number of hydrogen-bond acceptors (Lipinski definition) is 4. The van der Waals surface area contributed by atoms with E-state index in [-0.39, 0.29) is 5.78 Å². The van der Waals surface area contributed by atoms with Gasteiger partial charge in [-0.25, -0.2) is 4.98 Å². The van der Waals surface area contributed by atoms with Gasteiger partial charge in [0.15, 0.2) is 10.9 Å². The van der Waals surface area contributed by atoms with Crippen molar-refractivity contribution in [2.45, 2.75) is 33.7 Å². The van der Waals surface area contributed by atoms with Crippen molar-refractivity contribution >= 4 is 22.3 Å². The molecule has 1 aromatic heterocycles. The van der Waals surface area contributed by atoms with Gasteiger partial charge in [0.25, 0.3) is 0 Å². The van der Waals surface area contributed by atoms with Crippen LogP contribution in [0.2, 0.25) is 0 Å². The quantitative estimate of drug-likeness (QED) is 0.719. The molecule has 0 aliphatic carbocycles. The summed E-state index contributed by atoms with van der Waals surface area (Å²) >= 11 is 1.47. The number of carbonyl (C=O) groups is 1. The first kappa shape index (κ1) is 11.2. The normalized spacial score (nSPS) is 10.6. The molecule has 1 heterocycles. The highest BCUT2D eigenvalue weighted by Crippen LogP contribution is 2.24. The third kappa shape index (κ3) is 2.32. The number of hydrogen-bond donors (Lipinski definition) is 0. The van der Waals surface area contributed by atoms with E-state index in [9.17, 15) is 4.79 Å². The van der Waals surface area contributed by atoms with E-state index in [0.717, 1.165) is 16.6 Å².